The van der Waals surface area contributed by atoms with Crippen LogP contribution in [0.2, 0.25) is 0 Å². The summed E-state index contributed by atoms with van der Waals surface area (Å²) in [4.78, 5) is 32.7. The Hall–Kier alpha value is -1.73. The molecule has 0 bridgehead atoms. The number of hydrogen-bond acceptors (Lipinski definition) is 5. The highest BCUT2D eigenvalue weighted by atomic mass is 16.5. The van der Waals surface area contributed by atoms with Gasteiger partial charge in [-0.3, -0.25) is 14.2 Å². The van der Waals surface area contributed by atoms with Crippen molar-refractivity contribution in [2.75, 3.05) is 39.3 Å². The van der Waals surface area contributed by atoms with E-state index in [4.69, 9.17) is 4.74 Å². The van der Waals surface area contributed by atoms with Crippen LogP contribution in [0.25, 0.3) is 0 Å². The quantitative estimate of drug-likeness (QED) is 0.772. The first-order valence-corrected chi connectivity index (χ1v) is 10.2. The van der Waals surface area contributed by atoms with Gasteiger partial charge in [0.15, 0.2) is 0 Å². The van der Waals surface area contributed by atoms with E-state index >= 15 is 0 Å². The predicted molar refractivity (Wildman–Crippen MR) is 102 cm³/mol. The number of carbonyl (C=O) groups excluding carboxylic acids is 1. The van der Waals surface area contributed by atoms with E-state index in [9.17, 15) is 9.59 Å². The Labute approximate surface area is 160 Å². The van der Waals surface area contributed by atoms with Crippen LogP contribution >= 0.6 is 0 Å². The Balaban J connectivity index is 1.24. The molecule has 1 unspecified atom stereocenters. The maximum absolute atomic E-state index is 12.3. The maximum atomic E-state index is 12.3. The number of carbonyl (C=O) groups is 1. The molecule has 1 aromatic rings. The average molecular weight is 374 g/mol. The van der Waals surface area contributed by atoms with Gasteiger partial charge in [-0.1, -0.05) is 0 Å². The van der Waals surface area contributed by atoms with Gasteiger partial charge in [0, 0.05) is 45.1 Å². The topological polar surface area (TPSA) is 67.7 Å². The minimum Gasteiger partial charge on any atom is -0.373 e. The molecule has 2 saturated heterocycles. The van der Waals surface area contributed by atoms with Gasteiger partial charge in [0.25, 0.3) is 5.56 Å². The minimum atomic E-state index is 0.0919. The molecule has 3 aliphatic rings. The molecule has 1 aromatic heterocycles. The molecule has 4 rings (SSSR count). The largest absolute Gasteiger partial charge is 0.373 e. The monoisotopic (exact) mass is 374 g/mol. The van der Waals surface area contributed by atoms with Gasteiger partial charge in [-0.2, -0.15) is 0 Å². The van der Waals surface area contributed by atoms with Gasteiger partial charge in [-0.15, -0.1) is 0 Å². The smallest absolute Gasteiger partial charge is 0.253 e. The van der Waals surface area contributed by atoms with Crippen LogP contribution in [0.4, 0.5) is 0 Å². The second-order valence-corrected chi connectivity index (χ2v) is 8.28. The van der Waals surface area contributed by atoms with Crippen molar-refractivity contribution in [2.24, 2.45) is 5.92 Å². The number of hydrogen-bond donors (Lipinski definition) is 0. The third-order valence-corrected chi connectivity index (χ3v) is 6.10. The molecule has 3 heterocycles. The Morgan fingerprint density at radius 3 is 2.63 bits per heavy atom. The zero-order valence-electron chi connectivity index (χ0n) is 16.2. The van der Waals surface area contributed by atoms with Crippen LogP contribution in [-0.4, -0.2) is 70.7 Å². The van der Waals surface area contributed by atoms with Crippen molar-refractivity contribution in [3.8, 4) is 0 Å². The van der Waals surface area contributed by atoms with E-state index in [1.165, 1.54) is 12.8 Å². The number of amides is 1. The van der Waals surface area contributed by atoms with E-state index < -0.39 is 0 Å². The second-order valence-electron chi connectivity index (χ2n) is 8.28. The van der Waals surface area contributed by atoms with Crippen LogP contribution < -0.4 is 5.56 Å². The Morgan fingerprint density at radius 1 is 1.19 bits per heavy atom. The number of nitrogens with zero attached hydrogens (tertiary/aromatic N) is 4. The summed E-state index contributed by atoms with van der Waals surface area (Å²) < 4.78 is 7.62. The van der Waals surface area contributed by atoms with Crippen molar-refractivity contribution in [1.29, 1.82) is 0 Å². The Morgan fingerprint density at radius 2 is 1.96 bits per heavy atom. The van der Waals surface area contributed by atoms with Crippen molar-refractivity contribution < 1.29 is 9.53 Å². The number of piperidine rings is 1. The Bertz CT molecular complexity index is 722. The molecule has 7 nitrogen and oxygen atoms in total. The van der Waals surface area contributed by atoms with Crippen LogP contribution in [0.1, 0.15) is 44.2 Å². The summed E-state index contributed by atoms with van der Waals surface area (Å²) in [5.41, 5.74) is 1.06. The number of likely N-dealkylation sites (tertiary alicyclic amines) is 1. The molecular weight excluding hydrogens is 344 g/mol. The molecule has 0 aromatic carbocycles. The lowest BCUT2D eigenvalue weighted by Crippen LogP contribution is -2.50. The third kappa shape index (κ3) is 4.76. The standard InChI is InChI=1S/C20H30N4O3/c1-15(25)23-8-9-27-18(13-23)12-22-6-4-16(5-7-22)11-24-14-21-19(10-20(24)26)17-2-3-17/h10,14,16-18H,2-9,11-13H2,1H3. The maximum Gasteiger partial charge on any atom is 0.253 e. The molecule has 27 heavy (non-hydrogen) atoms. The molecule has 2 aliphatic heterocycles. The zero-order valence-corrected chi connectivity index (χ0v) is 16.2. The molecule has 1 amide bonds. The normalized spacial score (nSPS) is 24.9. The van der Waals surface area contributed by atoms with Crippen LogP contribution in [0.15, 0.2) is 17.2 Å². The predicted octanol–water partition coefficient (Wildman–Crippen LogP) is 1.08. The number of ether oxygens (including phenoxy) is 1. The summed E-state index contributed by atoms with van der Waals surface area (Å²) in [6.07, 6.45) is 6.36. The summed E-state index contributed by atoms with van der Waals surface area (Å²) in [5, 5.41) is 0. The van der Waals surface area contributed by atoms with Gasteiger partial charge < -0.3 is 14.5 Å². The molecule has 1 aliphatic carbocycles. The van der Waals surface area contributed by atoms with Crippen LogP contribution in [0.5, 0.6) is 0 Å². The SMILES string of the molecule is CC(=O)N1CCOC(CN2CCC(Cn3cnc(C4CC4)cc3=O)CC2)C1. The van der Waals surface area contributed by atoms with Crippen molar-refractivity contribution >= 4 is 5.91 Å². The van der Waals surface area contributed by atoms with E-state index in [1.54, 1.807) is 23.9 Å². The lowest BCUT2D eigenvalue weighted by molar-refractivity contribution is -0.137. The highest BCUT2D eigenvalue weighted by Crippen LogP contribution is 2.38. The highest BCUT2D eigenvalue weighted by molar-refractivity contribution is 5.73. The summed E-state index contributed by atoms with van der Waals surface area (Å²) in [7, 11) is 0. The summed E-state index contributed by atoms with van der Waals surface area (Å²) in [6, 6.07) is 1.73. The number of aromatic nitrogens is 2. The lowest BCUT2D eigenvalue weighted by Gasteiger charge is -2.38. The van der Waals surface area contributed by atoms with E-state index in [0.717, 1.165) is 44.7 Å². The fraction of sp³-hybridized carbons (Fsp3) is 0.750. The van der Waals surface area contributed by atoms with Crippen molar-refractivity contribution in [1.82, 2.24) is 19.4 Å². The summed E-state index contributed by atoms with van der Waals surface area (Å²) >= 11 is 0. The summed E-state index contributed by atoms with van der Waals surface area (Å²) in [6.45, 7) is 7.35. The molecule has 0 radical (unpaired) electrons. The van der Waals surface area contributed by atoms with Crippen LogP contribution in [0, 0.1) is 5.92 Å². The van der Waals surface area contributed by atoms with Gasteiger partial charge >= 0.3 is 0 Å². The highest BCUT2D eigenvalue weighted by Gasteiger charge is 2.28. The van der Waals surface area contributed by atoms with E-state index in [2.05, 4.69) is 9.88 Å². The van der Waals surface area contributed by atoms with Gasteiger partial charge in [-0.05, 0) is 44.7 Å². The van der Waals surface area contributed by atoms with Gasteiger partial charge in [-0.25, -0.2) is 4.98 Å². The van der Waals surface area contributed by atoms with Crippen molar-refractivity contribution in [3.05, 3.63) is 28.4 Å². The van der Waals surface area contributed by atoms with E-state index in [-0.39, 0.29) is 17.6 Å². The fourth-order valence-electron chi connectivity index (χ4n) is 4.21. The first kappa shape index (κ1) is 18.6. The lowest BCUT2D eigenvalue weighted by atomic mass is 9.96. The van der Waals surface area contributed by atoms with Crippen molar-refractivity contribution in [2.45, 2.75) is 51.2 Å². The average Bonchev–Trinajstić information content (AvgIpc) is 3.50. The van der Waals surface area contributed by atoms with Gasteiger partial charge in [0.2, 0.25) is 5.91 Å². The van der Waals surface area contributed by atoms with Crippen molar-refractivity contribution in [3.63, 3.8) is 0 Å². The van der Waals surface area contributed by atoms with Crippen LogP contribution in [0.3, 0.4) is 0 Å². The Kier molecular flexibility index (Phi) is 5.59. The molecule has 1 atom stereocenters. The molecule has 0 N–H and O–H groups in total. The molecule has 148 valence electrons. The molecule has 3 fully saturated rings. The molecule has 7 heteroatoms. The molecule has 1 saturated carbocycles. The molecule has 0 spiro atoms. The van der Waals surface area contributed by atoms with E-state index in [1.807, 2.05) is 4.90 Å². The number of rotatable bonds is 5. The molecular formula is C20H30N4O3. The first-order chi connectivity index (χ1) is 13.1. The van der Waals surface area contributed by atoms with E-state index in [0.29, 0.717) is 31.5 Å². The van der Waals surface area contributed by atoms with Crippen LogP contribution in [-0.2, 0) is 16.1 Å². The zero-order chi connectivity index (χ0) is 18.8. The fourth-order valence-corrected chi connectivity index (χ4v) is 4.21. The first-order valence-electron chi connectivity index (χ1n) is 10.2. The summed E-state index contributed by atoms with van der Waals surface area (Å²) in [5.74, 6) is 1.18. The second kappa shape index (κ2) is 8.10. The number of morpholine rings is 1. The third-order valence-electron chi connectivity index (χ3n) is 6.10. The minimum absolute atomic E-state index is 0.0919. The van der Waals surface area contributed by atoms with Gasteiger partial charge in [0.05, 0.1) is 24.7 Å². The van der Waals surface area contributed by atoms with Gasteiger partial charge in [0.1, 0.15) is 0 Å².